The van der Waals surface area contributed by atoms with Crippen LogP contribution in [0.1, 0.15) is 44.7 Å². The summed E-state index contributed by atoms with van der Waals surface area (Å²) in [7, 11) is -2.53. The Labute approximate surface area is 303 Å². The minimum Gasteiger partial charge on any atom is -0.497 e. The summed E-state index contributed by atoms with van der Waals surface area (Å²) in [6.45, 7) is 8.67. The molecule has 262 valence electrons. The number of hydrogen-bond acceptors (Lipinski definition) is 7. The van der Waals surface area contributed by atoms with E-state index < -0.39 is 15.6 Å². The van der Waals surface area contributed by atoms with E-state index >= 15 is 0 Å². The van der Waals surface area contributed by atoms with Crippen molar-refractivity contribution in [1.82, 2.24) is 14.1 Å². The van der Waals surface area contributed by atoms with E-state index in [1.165, 1.54) is 0 Å². The molecule has 0 atom stereocenters. The number of carbonyl (C=O) groups excluding carboxylic acids is 1. The third kappa shape index (κ3) is 7.29. The van der Waals surface area contributed by atoms with Crippen molar-refractivity contribution in [3.05, 3.63) is 106 Å². The van der Waals surface area contributed by atoms with Crippen molar-refractivity contribution in [2.45, 2.75) is 63.6 Å². The molecule has 12 heteroatoms. The van der Waals surface area contributed by atoms with Crippen LogP contribution in [-0.4, -0.2) is 60.4 Å². The topological polar surface area (TPSA) is 94.0 Å². The summed E-state index contributed by atoms with van der Waals surface area (Å²) in [5.41, 5.74) is 2.68. The molecule has 1 aliphatic heterocycles. The van der Waals surface area contributed by atoms with Crippen LogP contribution in [0.15, 0.2) is 89.8 Å². The van der Waals surface area contributed by atoms with Gasteiger partial charge in [0.05, 0.1) is 22.5 Å². The molecular formula is C38H40Cl2N4O5S. The molecule has 2 heterocycles. The Morgan fingerprint density at radius 3 is 2.22 bits per heavy atom. The van der Waals surface area contributed by atoms with Gasteiger partial charge in [-0.05, 0) is 88.1 Å². The Bertz CT molecular complexity index is 2140. The first-order valence-corrected chi connectivity index (χ1v) is 18.6. The van der Waals surface area contributed by atoms with Crippen LogP contribution in [-0.2, 0) is 21.3 Å². The Morgan fingerprint density at radius 2 is 1.58 bits per heavy atom. The molecule has 5 aromatic rings. The molecule has 4 aromatic carbocycles. The van der Waals surface area contributed by atoms with Gasteiger partial charge < -0.3 is 19.3 Å². The number of hydrogen-bond donors (Lipinski definition) is 0. The third-order valence-corrected chi connectivity index (χ3v) is 11.2. The van der Waals surface area contributed by atoms with E-state index in [0.29, 0.717) is 75.9 Å². The molecule has 1 aromatic heterocycles. The quantitative estimate of drug-likeness (QED) is 0.157. The predicted molar refractivity (Wildman–Crippen MR) is 199 cm³/mol. The van der Waals surface area contributed by atoms with Crippen LogP contribution in [0, 0.1) is 6.92 Å². The van der Waals surface area contributed by atoms with E-state index in [4.69, 9.17) is 37.8 Å². The molecule has 0 bridgehead atoms. The number of nitrogens with zero attached hydrogens (tertiary/aromatic N) is 4. The highest BCUT2D eigenvalue weighted by Crippen LogP contribution is 2.41. The molecule has 1 amide bonds. The van der Waals surface area contributed by atoms with E-state index in [9.17, 15) is 13.2 Å². The van der Waals surface area contributed by atoms with Crippen molar-refractivity contribution >= 4 is 56.0 Å². The maximum atomic E-state index is 14.4. The maximum Gasteiger partial charge on any atom is 0.410 e. The molecule has 1 aliphatic rings. The summed E-state index contributed by atoms with van der Waals surface area (Å²) in [6, 6.07) is 25.4. The lowest BCUT2D eigenvalue weighted by molar-refractivity contribution is 0.0204. The number of aryl methyl sites for hydroxylation is 1. The zero-order valence-electron chi connectivity index (χ0n) is 28.7. The first-order valence-electron chi connectivity index (χ1n) is 16.4. The fraction of sp³-hybridized carbons (Fsp3) is 0.316. The zero-order valence-corrected chi connectivity index (χ0v) is 31.0. The maximum absolute atomic E-state index is 14.4. The molecule has 0 radical (unpaired) electrons. The number of benzene rings is 4. The molecule has 0 aliphatic carbocycles. The average molecular weight is 736 g/mol. The van der Waals surface area contributed by atoms with Gasteiger partial charge in [-0.3, -0.25) is 0 Å². The third-order valence-electron chi connectivity index (χ3n) is 8.82. The van der Waals surface area contributed by atoms with Crippen molar-refractivity contribution in [3.8, 4) is 16.9 Å². The van der Waals surface area contributed by atoms with Crippen LogP contribution in [0.5, 0.6) is 5.75 Å². The number of ether oxygens (including phenoxy) is 2. The molecule has 0 spiro atoms. The van der Waals surface area contributed by atoms with E-state index in [1.54, 1.807) is 55.3 Å². The highest BCUT2D eigenvalue weighted by atomic mass is 35.5. The fourth-order valence-corrected chi connectivity index (χ4v) is 8.31. The molecule has 1 saturated heterocycles. The van der Waals surface area contributed by atoms with E-state index in [0.717, 1.165) is 15.4 Å². The SMILES string of the molecule is COc1ccc(CN(c2nn(S(=O)(=O)c3ccccc3C)c3cc(Cl)c(-c4ccccc4Cl)cc23)C2CCN(C(=O)OC(C)(C)C)CC2)cc1. The normalized spacial score (nSPS) is 14.2. The van der Waals surface area contributed by atoms with Crippen LogP contribution >= 0.6 is 23.2 Å². The molecule has 6 rings (SSSR count). The standard InChI is InChI=1S/C38H40Cl2N4O5S/c1-25-10-6-9-13-35(25)50(46,47)44-34-23-33(40)30(29-11-7-8-12-32(29)39)22-31(34)36(41-44)43(24-26-14-16-28(48-5)17-15-26)27-18-20-42(21-19-27)37(45)49-38(2,3)4/h6-17,22-23,27H,18-21,24H2,1-5H3. The summed E-state index contributed by atoms with van der Waals surface area (Å²) >= 11 is 13.6. The lowest BCUT2D eigenvalue weighted by atomic mass is 10.0. The van der Waals surface area contributed by atoms with Gasteiger partial charge >= 0.3 is 6.09 Å². The summed E-state index contributed by atoms with van der Waals surface area (Å²) in [5.74, 6) is 1.21. The lowest BCUT2D eigenvalue weighted by Crippen LogP contribution is -2.48. The van der Waals surface area contributed by atoms with E-state index in [1.807, 2.05) is 69.3 Å². The van der Waals surface area contributed by atoms with Crippen LogP contribution < -0.4 is 9.64 Å². The first-order chi connectivity index (χ1) is 23.8. The second-order valence-electron chi connectivity index (χ2n) is 13.4. The summed E-state index contributed by atoms with van der Waals surface area (Å²) in [5, 5.41) is 6.37. The van der Waals surface area contributed by atoms with Gasteiger partial charge in [-0.1, -0.05) is 71.7 Å². The number of fused-ring (bicyclic) bond motifs is 1. The van der Waals surface area contributed by atoms with Crippen LogP contribution in [0.2, 0.25) is 10.0 Å². The van der Waals surface area contributed by atoms with Crippen molar-refractivity contribution in [3.63, 3.8) is 0 Å². The van der Waals surface area contributed by atoms with E-state index in [-0.39, 0.29) is 17.0 Å². The number of rotatable bonds is 8. The highest BCUT2D eigenvalue weighted by Gasteiger charge is 2.34. The Balaban J connectivity index is 1.52. The number of likely N-dealkylation sites (tertiary alicyclic amines) is 1. The Morgan fingerprint density at radius 1 is 0.920 bits per heavy atom. The van der Waals surface area contributed by atoms with Gasteiger partial charge in [0.2, 0.25) is 0 Å². The number of carbonyl (C=O) groups is 1. The average Bonchev–Trinajstić information content (AvgIpc) is 3.45. The molecule has 0 unspecified atom stereocenters. The molecule has 50 heavy (non-hydrogen) atoms. The number of anilines is 1. The van der Waals surface area contributed by atoms with Crippen LogP contribution in [0.25, 0.3) is 22.0 Å². The first kappa shape index (κ1) is 35.6. The smallest absolute Gasteiger partial charge is 0.410 e. The van der Waals surface area contributed by atoms with Crippen LogP contribution in [0.4, 0.5) is 10.6 Å². The molecule has 1 fully saturated rings. The lowest BCUT2D eigenvalue weighted by Gasteiger charge is -2.39. The molecule has 0 N–H and O–H groups in total. The number of amides is 1. The van der Waals surface area contributed by atoms with Crippen LogP contribution in [0.3, 0.4) is 0 Å². The van der Waals surface area contributed by atoms with Gasteiger partial charge in [-0.15, -0.1) is 5.10 Å². The van der Waals surface area contributed by atoms with Gasteiger partial charge in [-0.2, -0.15) is 12.5 Å². The second kappa shape index (κ2) is 14.2. The summed E-state index contributed by atoms with van der Waals surface area (Å²) < 4.78 is 41.0. The second-order valence-corrected chi connectivity index (χ2v) is 16.0. The van der Waals surface area contributed by atoms with Crippen molar-refractivity contribution in [2.75, 3.05) is 25.1 Å². The van der Waals surface area contributed by atoms with Crippen molar-refractivity contribution < 1.29 is 22.7 Å². The fourth-order valence-electron chi connectivity index (χ4n) is 6.31. The number of piperidine rings is 1. The minimum atomic E-state index is -4.15. The van der Waals surface area contributed by atoms with Gasteiger partial charge in [0, 0.05) is 47.2 Å². The van der Waals surface area contributed by atoms with E-state index in [2.05, 4.69) is 4.90 Å². The van der Waals surface area contributed by atoms with Crippen molar-refractivity contribution in [1.29, 1.82) is 0 Å². The largest absolute Gasteiger partial charge is 0.497 e. The number of methoxy groups -OCH3 is 1. The number of aromatic nitrogens is 2. The Kier molecular flexibility index (Phi) is 10.1. The predicted octanol–water partition coefficient (Wildman–Crippen LogP) is 8.97. The van der Waals surface area contributed by atoms with Gasteiger partial charge in [0.25, 0.3) is 10.0 Å². The summed E-state index contributed by atoms with van der Waals surface area (Å²) in [6.07, 6.45) is 0.870. The van der Waals surface area contributed by atoms with Gasteiger partial charge in [0.15, 0.2) is 5.82 Å². The number of halogens is 2. The van der Waals surface area contributed by atoms with Crippen molar-refractivity contribution in [2.24, 2.45) is 0 Å². The molecule has 0 saturated carbocycles. The minimum absolute atomic E-state index is 0.0945. The monoisotopic (exact) mass is 734 g/mol. The molecule has 9 nitrogen and oxygen atoms in total. The van der Waals surface area contributed by atoms with Gasteiger partial charge in [0.1, 0.15) is 11.4 Å². The molecular weight excluding hydrogens is 695 g/mol. The summed E-state index contributed by atoms with van der Waals surface area (Å²) in [4.78, 5) is 17.0. The Hall–Kier alpha value is -4.25. The highest BCUT2D eigenvalue weighted by molar-refractivity contribution is 7.90. The zero-order chi connectivity index (χ0) is 35.8. The van der Waals surface area contributed by atoms with Gasteiger partial charge in [-0.25, -0.2) is 4.79 Å².